The molecule has 1 aliphatic carbocycles. The van der Waals surface area contributed by atoms with Crippen molar-refractivity contribution in [2.24, 2.45) is 0 Å². The van der Waals surface area contributed by atoms with Crippen molar-refractivity contribution in [2.75, 3.05) is 18.0 Å². The van der Waals surface area contributed by atoms with E-state index in [0.29, 0.717) is 16.5 Å². The maximum Gasteiger partial charge on any atom is 0.264 e. The molecule has 0 heterocycles. The van der Waals surface area contributed by atoms with Gasteiger partial charge in [0.1, 0.15) is 18.3 Å². The third kappa shape index (κ3) is 7.83. The van der Waals surface area contributed by atoms with Crippen LogP contribution in [0.3, 0.4) is 0 Å². The van der Waals surface area contributed by atoms with Gasteiger partial charge in [-0.1, -0.05) is 55.1 Å². The number of nitrogens with one attached hydrogen (secondary N) is 1. The van der Waals surface area contributed by atoms with E-state index in [1.165, 1.54) is 29.2 Å². The van der Waals surface area contributed by atoms with Crippen LogP contribution in [0.25, 0.3) is 0 Å². The number of nitrogens with zero attached hydrogens (tertiary/aromatic N) is 2. The minimum absolute atomic E-state index is 0.00556. The van der Waals surface area contributed by atoms with Crippen molar-refractivity contribution in [1.29, 1.82) is 0 Å². The molecule has 1 N–H and O–H groups in total. The molecule has 0 saturated heterocycles. The molecule has 8 nitrogen and oxygen atoms in total. The summed E-state index contributed by atoms with van der Waals surface area (Å²) >= 11 is 6.02. The Kier molecular flexibility index (Phi) is 10.5. The Morgan fingerprint density at radius 3 is 2.29 bits per heavy atom. The summed E-state index contributed by atoms with van der Waals surface area (Å²) in [5.74, 6) is -0.0954. The number of methoxy groups -OCH3 is 1. The molecule has 0 spiro atoms. The first kappa shape index (κ1) is 31.4. The van der Waals surface area contributed by atoms with Crippen molar-refractivity contribution in [3.05, 3.63) is 88.9 Å². The maximum absolute atomic E-state index is 14.1. The highest BCUT2D eigenvalue weighted by atomic mass is 35.5. The first-order chi connectivity index (χ1) is 20.1. The molecular formula is C32H38ClN3O5S. The van der Waals surface area contributed by atoms with Crippen molar-refractivity contribution < 1.29 is 22.7 Å². The van der Waals surface area contributed by atoms with Crippen LogP contribution >= 0.6 is 11.6 Å². The molecule has 224 valence electrons. The standard InChI is InChI=1S/C32H38ClN3O5S/c1-23-8-7-11-28(20-23)36(42(39,40)30-18-14-26(33)15-19-30)22-31(37)35(21-25-12-16-29(41-3)17-13-25)24(2)32(38)34-27-9-5-4-6-10-27/h7-8,11-20,24,27H,4-6,9-10,21-22H2,1-3H3,(H,34,38)/t24-/m1/s1. The summed E-state index contributed by atoms with van der Waals surface area (Å²) in [6.07, 6.45) is 5.08. The van der Waals surface area contributed by atoms with Crippen molar-refractivity contribution in [3.63, 3.8) is 0 Å². The lowest BCUT2D eigenvalue weighted by Gasteiger charge is -2.33. The summed E-state index contributed by atoms with van der Waals surface area (Å²) < 4.78 is 34.2. The lowest BCUT2D eigenvalue weighted by molar-refractivity contribution is -0.139. The van der Waals surface area contributed by atoms with Gasteiger partial charge in [-0.25, -0.2) is 8.42 Å². The summed E-state index contributed by atoms with van der Waals surface area (Å²) in [7, 11) is -2.58. The molecule has 1 atom stereocenters. The Balaban J connectivity index is 1.67. The zero-order valence-corrected chi connectivity index (χ0v) is 25.8. The van der Waals surface area contributed by atoms with Crippen molar-refractivity contribution >= 4 is 39.1 Å². The molecule has 4 rings (SSSR count). The molecule has 1 aliphatic rings. The number of aryl methyl sites for hydroxylation is 1. The number of hydrogen-bond acceptors (Lipinski definition) is 5. The molecule has 2 amide bonds. The molecule has 10 heteroatoms. The predicted molar refractivity (Wildman–Crippen MR) is 165 cm³/mol. The Morgan fingerprint density at radius 1 is 1.00 bits per heavy atom. The van der Waals surface area contributed by atoms with E-state index in [1.807, 2.05) is 25.1 Å². The van der Waals surface area contributed by atoms with Gasteiger partial charge in [-0.05, 0) is 86.3 Å². The second kappa shape index (κ2) is 14.1. The van der Waals surface area contributed by atoms with Crippen LogP contribution in [0.2, 0.25) is 5.02 Å². The zero-order chi connectivity index (χ0) is 30.3. The maximum atomic E-state index is 14.1. The molecule has 0 unspecified atom stereocenters. The minimum atomic E-state index is -4.16. The topological polar surface area (TPSA) is 96.0 Å². The third-order valence-electron chi connectivity index (χ3n) is 7.60. The predicted octanol–water partition coefficient (Wildman–Crippen LogP) is 5.72. The fourth-order valence-electron chi connectivity index (χ4n) is 5.12. The fourth-order valence-corrected chi connectivity index (χ4v) is 6.66. The Morgan fingerprint density at radius 2 is 1.67 bits per heavy atom. The lowest BCUT2D eigenvalue weighted by Crippen LogP contribution is -2.53. The van der Waals surface area contributed by atoms with E-state index in [9.17, 15) is 18.0 Å². The quantitative estimate of drug-likeness (QED) is 0.299. The second-order valence-electron chi connectivity index (χ2n) is 10.7. The van der Waals surface area contributed by atoms with Gasteiger partial charge in [0.15, 0.2) is 0 Å². The number of rotatable bonds is 11. The van der Waals surface area contributed by atoms with Gasteiger partial charge >= 0.3 is 0 Å². The average Bonchev–Trinajstić information content (AvgIpc) is 2.99. The second-order valence-corrected chi connectivity index (χ2v) is 13.0. The van der Waals surface area contributed by atoms with E-state index in [1.54, 1.807) is 44.4 Å². The van der Waals surface area contributed by atoms with Gasteiger partial charge in [-0.3, -0.25) is 13.9 Å². The van der Waals surface area contributed by atoms with E-state index >= 15 is 0 Å². The summed E-state index contributed by atoms with van der Waals surface area (Å²) in [6, 6.07) is 19.3. The Hall–Kier alpha value is -3.56. The minimum Gasteiger partial charge on any atom is -0.497 e. The number of amides is 2. The van der Waals surface area contributed by atoms with Gasteiger partial charge in [-0.2, -0.15) is 0 Å². The van der Waals surface area contributed by atoms with Crippen molar-refractivity contribution in [1.82, 2.24) is 10.2 Å². The first-order valence-corrected chi connectivity index (χ1v) is 16.0. The SMILES string of the molecule is COc1ccc(CN(C(=O)CN(c2cccc(C)c2)S(=O)(=O)c2ccc(Cl)cc2)[C@H](C)C(=O)NC2CCCCC2)cc1. The smallest absolute Gasteiger partial charge is 0.264 e. The van der Waals surface area contributed by atoms with Gasteiger partial charge in [0.2, 0.25) is 11.8 Å². The normalized spacial score (nSPS) is 14.6. The average molecular weight is 612 g/mol. The molecule has 42 heavy (non-hydrogen) atoms. The van der Waals surface area contributed by atoms with E-state index < -0.39 is 28.5 Å². The molecule has 3 aromatic rings. The zero-order valence-electron chi connectivity index (χ0n) is 24.3. The number of hydrogen-bond donors (Lipinski definition) is 1. The van der Waals surface area contributed by atoms with Crippen LogP contribution in [0, 0.1) is 6.92 Å². The Bertz CT molecular complexity index is 1470. The fraction of sp³-hybridized carbons (Fsp3) is 0.375. The lowest BCUT2D eigenvalue weighted by atomic mass is 9.95. The molecule has 0 radical (unpaired) electrons. The summed E-state index contributed by atoms with van der Waals surface area (Å²) in [5.41, 5.74) is 1.97. The van der Waals surface area contributed by atoms with Crippen LogP contribution in [0.15, 0.2) is 77.7 Å². The Labute approximate surface area is 253 Å². The van der Waals surface area contributed by atoms with E-state index in [0.717, 1.165) is 47.5 Å². The van der Waals surface area contributed by atoms with Gasteiger partial charge in [0.05, 0.1) is 17.7 Å². The van der Waals surface area contributed by atoms with Crippen molar-refractivity contribution in [2.45, 2.75) is 69.5 Å². The molecule has 0 aromatic heterocycles. The van der Waals surface area contributed by atoms with Crippen LogP contribution in [0.5, 0.6) is 5.75 Å². The number of benzene rings is 3. The molecule has 1 saturated carbocycles. The van der Waals surface area contributed by atoms with Crippen LogP contribution < -0.4 is 14.4 Å². The van der Waals surface area contributed by atoms with E-state index in [4.69, 9.17) is 16.3 Å². The van der Waals surface area contributed by atoms with Crippen LogP contribution in [0.4, 0.5) is 5.69 Å². The largest absolute Gasteiger partial charge is 0.497 e. The van der Waals surface area contributed by atoms with Gasteiger partial charge < -0.3 is 15.0 Å². The molecular weight excluding hydrogens is 574 g/mol. The van der Waals surface area contributed by atoms with E-state index in [-0.39, 0.29) is 23.4 Å². The highest BCUT2D eigenvalue weighted by Crippen LogP contribution is 2.27. The number of halogens is 1. The third-order valence-corrected chi connectivity index (χ3v) is 9.64. The van der Waals surface area contributed by atoms with Crippen LogP contribution in [-0.4, -0.2) is 50.9 Å². The van der Waals surface area contributed by atoms with Crippen LogP contribution in [-0.2, 0) is 26.2 Å². The summed E-state index contributed by atoms with van der Waals surface area (Å²) in [6.45, 7) is 3.16. The number of ether oxygens (including phenoxy) is 1. The summed E-state index contributed by atoms with van der Waals surface area (Å²) in [5, 5.41) is 3.51. The van der Waals surface area contributed by atoms with Crippen LogP contribution in [0.1, 0.15) is 50.2 Å². The molecule has 3 aromatic carbocycles. The van der Waals surface area contributed by atoms with Gasteiger partial charge in [-0.15, -0.1) is 0 Å². The first-order valence-electron chi connectivity index (χ1n) is 14.2. The number of carbonyl (C=O) groups excluding carboxylic acids is 2. The monoisotopic (exact) mass is 611 g/mol. The highest BCUT2D eigenvalue weighted by molar-refractivity contribution is 7.92. The van der Waals surface area contributed by atoms with Gasteiger partial charge in [0, 0.05) is 17.6 Å². The van der Waals surface area contributed by atoms with E-state index in [2.05, 4.69) is 5.32 Å². The number of sulfonamides is 1. The van der Waals surface area contributed by atoms with Crippen molar-refractivity contribution in [3.8, 4) is 5.75 Å². The number of carbonyl (C=O) groups is 2. The highest BCUT2D eigenvalue weighted by Gasteiger charge is 2.33. The molecule has 0 bridgehead atoms. The summed E-state index contributed by atoms with van der Waals surface area (Å²) in [4.78, 5) is 29.0. The number of anilines is 1. The molecule has 0 aliphatic heterocycles. The van der Waals surface area contributed by atoms with Gasteiger partial charge in [0.25, 0.3) is 10.0 Å². The molecule has 1 fully saturated rings.